The topological polar surface area (TPSA) is 77.1 Å². The average molecular weight is 362 g/mol. The molecule has 2 heterocycles. The average Bonchev–Trinajstić information content (AvgIpc) is 3.22. The molecule has 2 amide bonds. The van der Waals surface area contributed by atoms with Crippen LogP contribution in [0.2, 0.25) is 0 Å². The quantitative estimate of drug-likeness (QED) is 0.861. The second kappa shape index (κ2) is 8.40. The van der Waals surface area contributed by atoms with Crippen molar-refractivity contribution in [3.05, 3.63) is 23.8 Å². The molecule has 0 saturated carbocycles. The van der Waals surface area contributed by atoms with E-state index in [-0.39, 0.29) is 24.0 Å². The fourth-order valence-electron chi connectivity index (χ4n) is 3.55. The van der Waals surface area contributed by atoms with E-state index in [1.54, 1.807) is 18.2 Å². The van der Waals surface area contributed by atoms with E-state index in [1.165, 1.54) is 14.2 Å². The maximum absolute atomic E-state index is 12.7. The molecule has 0 bridgehead atoms. The summed E-state index contributed by atoms with van der Waals surface area (Å²) in [5, 5.41) is 3.05. The predicted molar refractivity (Wildman–Crippen MR) is 95.6 cm³/mol. The van der Waals surface area contributed by atoms with Crippen LogP contribution in [0.1, 0.15) is 36.0 Å². The Bertz CT molecular complexity index is 627. The van der Waals surface area contributed by atoms with Gasteiger partial charge in [-0.1, -0.05) is 6.07 Å². The molecule has 7 nitrogen and oxygen atoms in total. The van der Waals surface area contributed by atoms with Gasteiger partial charge in [0.15, 0.2) is 0 Å². The van der Waals surface area contributed by atoms with Crippen LogP contribution >= 0.6 is 0 Å². The maximum Gasteiger partial charge on any atom is 0.259 e. The number of likely N-dealkylation sites (tertiary alicyclic amines) is 1. The molecule has 0 radical (unpaired) electrons. The van der Waals surface area contributed by atoms with E-state index in [2.05, 4.69) is 5.32 Å². The van der Waals surface area contributed by atoms with E-state index in [0.29, 0.717) is 36.8 Å². The number of carbonyl (C=O) groups is 2. The lowest BCUT2D eigenvalue weighted by Gasteiger charge is -2.33. The van der Waals surface area contributed by atoms with Gasteiger partial charge in [0, 0.05) is 25.7 Å². The zero-order chi connectivity index (χ0) is 18.5. The summed E-state index contributed by atoms with van der Waals surface area (Å²) in [7, 11) is 3.06. The van der Waals surface area contributed by atoms with Crippen molar-refractivity contribution in [1.82, 2.24) is 10.2 Å². The van der Waals surface area contributed by atoms with Crippen LogP contribution < -0.4 is 14.8 Å². The van der Waals surface area contributed by atoms with Crippen LogP contribution in [0.25, 0.3) is 0 Å². The smallest absolute Gasteiger partial charge is 0.259 e. The third-order valence-corrected chi connectivity index (χ3v) is 5.00. The van der Waals surface area contributed by atoms with E-state index in [9.17, 15) is 9.59 Å². The van der Waals surface area contributed by atoms with Gasteiger partial charge in [0.1, 0.15) is 23.2 Å². The molecule has 1 N–H and O–H groups in total. The molecular formula is C19H26N2O5. The van der Waals surface area contributed by atoms with Gasteiger partial charge in [-0.3, -0.25) is 9.59 Å². The van der Waals surface area contributed by atoms with Crippen molar-refractivity contribution >= 4 is 11.8 Å². The fourth-order valence-corrected chi connectivity index (χ4v) is 3.55. The van der Waals surface area contributed by atoms with Crippen LogP contribution in [-0.2, 0) is 9.53 Å². The van der Waals surface area contributed by atoms with Crippen molar-refractivity contribution in [2.24, 2.45) is 0 Å². The third-order valence-electron chi connectivity index (χ3n) is 5.00. The Balaban J connectivity index is 1.58. The van der Waals surface area contributed by atoms with Gasteiger partial charge in [0.2, 0.25) is 0 Å². The van der Waals surface area contributed by atoms with Gasteiger partial charge in [-0.2, -0.15) is 0 Å². The molecule has 1 atom stereocenters. The van der Waals surface area contributed by atoms with Crippen LogP contribution in [0.4, 0.5) is 0 Å². The first-order valence-corrected chi connectivity index (χ1v) is 9.06. The minimum absolute atomic E-state index is 0.0191. The van der Waals surface area contributed by atoms with E-state index < -0.39 is 0 Å². The number of rotatable bonds is 5. The van der Waals surface area contributed by atoms with Gasteiger partial charge >= 0.3 is 0 Å². The van der Waals surface area contributed by atoms with Crippen molar-refractivity contribution < 1.29 is 23.8 Å². The maximum atomic E-state index is 12.7. The Morgan fingerprint density at radius 2 is 1.77 bits per heavy atom. The highest BCUT2D eigenvalue weighted by Crippen LogP contribution is 2.28. The second-order valence-corrected chi connectivity index (χ2v) is 6.61. The van der Waals surface area contributed by atoms with Gasteiger partial charge in [-0.25, -0.2) is 0 Å². The SMILES string of the molecule is COc1cccc(OC)c1C(=O)NC1CCN(C(=O)C2CCCO2)CC1. The van der Waals surface area contributed by atoms with Crippen LogP contribution in [0.3, 0.4) is 0 Å². The van der Waals surface area contributed by atoms with Crippen LogP contribution in [0.15, 0.2) is 18.2 Å². The van der Waals surface area contributed by atoms with Crippen molar-refractivity contribution in [2.45, 2.75) is 37.8 Å². The largest absolute Gasteiger partial charge is 0.496 e. The molecule has 1 aromatic rings. The van der Waals surface area contributed by atoms with Gasteiger partial charge in [0.05, 0.1) is 14.2 Å². The highest BCUT2D eigenvalue weighted by molar-refractivity contribution is 5.99. The van der Waals surface area contributed by atoms with Crippen LogP contribution in [0.5, 0.6) is 11.5 Å². The Kier molecular flexibility index (Phi) is 5.98. The number of nitrogens with one attached hydrogen (secondary N) is 1. The molecule has 0 aliphatic carbocycles. The molecule has 26 heavy (non-hydrogen) atoms. The zero-order valence-corrected chi connectivity index (χ0v) is 15.3. The molecule has 2 aliphatic rings. The Labute approximate surface area is 153 Å². The van der Waals surface area contributed by atoms with Crippen LogP contribution in [-0.4, -0.2) is 62.8 Å². The lowest BCUT2D eigenvalue weighted by molar-refractivity contribution is -0.142. The first-order chi connectivity index (χ1) is 12.6. The molecular weight excluding hydrogens is 336 g/mol. The number of nitrogens with zero attached hydrogens (tertiary/aromatic N) is 1. The summed E-state index contributed by atoms with van der Waals surface area (Å²) in [6.07, 6.45) is 2.93. The van der Waals surface area contributed by atoms with E-state index in [4.69, 9.17) is 14.2 Å². The second-order valence-electron chi connectivity index (χ2n) is 6.61. The Hall–Kier alpha value is -2.28. The number of benzene rings is 1. The number of ether oxygens (including phenoxy) is 3. The first kappa shape index (κ1) is 18.5. The Morgan fingerprint density at radius 1 is 1.12 bits per heavy atom. The van der Waals surface area contributed by atoms with Crippen molar-refractivity contribution in [2.75, 3.05) is 33.9 Å². The lowest BCUT2D eigenvalue weighted by Crippen LogP contribution is -2.49. The normalized spacial score (nSPS) is 20.7. The summed E-state index contributed by atoms with van der Waals surface area (Å²) in [4.78, 5) is 27.0. The molecule has 3 rings (SSSR count). The summed E-state index contributed by atoms with van der Waals surface area (Å²) in [5.41, 5.74) is 0.398. The molecule has 2 fully saturated rings. The van der Waals surface area contributed by atoms with Crippen molar-refractivity contribution in [3.63, 3.8) is 0 Å². The summed E-state index contributed by atoms with van der Waals surface area (Å²) in [6.45, 7) is 1.93. The number of hydrogen-bond acceptors (Lipinski definition) is 5. The number of carbonyl (C=O) groups excluding carboxylic acids is 2. The number of methoxy groups -OCH3 is 2. The minimum Gasteiger partial charge on any atom is -0.496 e. The fraction of sp³-hybridized carbons (Fsp3) is 0.579. The number of amides is 2. The molecule has 1 aromatic carbocycles. The number of hydrogen-bond donors (Lipinski definition) is 1. The molecule has 1 unspecified atom stereocenters. The monoisotopic (exact) mass is 362 g/mol. The van der Waals surface area contributed by atoms with E-state index >= 15 is 0 Å². The van der Waals surface area contributed by atoms with Gasteiger partial charge < -0.3 is 24.4 Å². The summed E-state index contributed by atoms with van der Waals surface area (Å²) >= 11 is 0. The standard InChI is InChI=1S/C19H26N2O5/c1-24-14-5-3-6-15(25-2)17(14)18(22)20-13-8-10-21(11-9-13)19(23)16-7-4-12-26-16/h3,5-6,13,16H,4,7-12H2,1-2H3,(H,20,22). The molecule has 0 spiro atoms. The highest BCUT2D eigenvalue weighted by Gasteiger charge is 2.31. The lowest BCUT2D eigenvalue weighted by atomic mass is 10.0. The number of piperidine rings is 1. The zero-order valence-electron chi connectivity index (χ0n) is 15.3. The van der Waals surface area contributed by atoms with Crippen LogP contribution in [0, 0.1) is 0 Å². The van der Waals surface area contributed by atoms with Gasteiger partial charge in [0.25, 0.3) is 11.8 Å². The summed E-state index contributed by atoms with van der Waals surface area (Å²) in [6, 6.07) is 5.27. The van der Waals surface area contributed by atoms with Crippen molar-refractivity contribution in [3.8, 4) is 11.5 Å². The molecule has 7 heteroatoms. The van der Waals surface area contributed by atoms with Gasteiger partial charge in [-0.15, -0.1) is 0 Å². The Morgan fingerprint density at radius 3 is 2.31 bits per heavy atom. The van der Waals surface area contributed by atoms with E-state index in [0.717, 1.165) is 25.7 Å². The van der Waals surface area contributed by atoms with Crippen molar-refractivity contribution in [1.29, 1.82) is 0 Å². The van der Waals surface area contributed by atoms with E-state index in [1.807, 2.05) is 4.90 Å². The minimum atomic E-state index is -0.279. The first-order valence-electron chi connectivity index (χ1n) is 9.06. The van der Waals surface area contributed by atoms with Gasteiger partial charge in [-0.05, 0) is 37.8 Å². The summed E-state index contributed by atoms with van der Waals surface area (Å²) in [5.74, 6) is 0.822. The molecule has 142 valence electrons. The molecule has 2 aliphatic heterocycles. The highest BCUT2D eigenvalue weighted by atomic mass is 16.5. The third kappa shape index (κ3) is 3.93. The summed E-state index contributed by atoms with van der Waals surface area (Å²) < 4.78 is 16.1. The predicted octanol–water partition coefficient (Wildman–Crippen LogP) is 1.60. The molecule has 0 aromatic heterocycles. The molecule has 2 saturated heterocycles.